The molecule has 1 fully saturated rings. The first-order chi connectivity index (χ1) is 7.75. The van der Waals surface area contributed by atoms with Crippen LogP contribution in [0.4, 0.5) is 5.95 Å². The van der Waals surface area contributed by atoms with Crippen LogP contribution < -0.4 is 10.6 Å². The van der Waals surface area contributed by atoms with Gasteiger partial charge in [-0.05, 0) is 13.8 Å². The molecule has 0 bridgehead atoms. The van der Waals surface area contributed by atoms with E-state index >= 15 is 0 Å². The zero-order valence-electron chi connectivity index (χ0n) is 9.66. The van der Waals surface area contributed by atoms with Crippen molar-refractivity contribution in [1.29, 1.82) is 0 Å². The molecule has 88 valence electrons. The molecule has 0 aliphatic carbocycles. The predicted octanol–water partition coefficient (Wildman–Crippen LogP) is -0.111. The Labute approximate surface area is 94.8 Å². The van der Waals surface area contributed by atoms with Gasteiger partial charge in [0.2, 0.25) is 5.95 Å². The predicted molar refractivity (Wildman–Crippen MR) is 60.4 cm³/mol. The molecule has 1 atom stereocenters. The first-order valence-corrected chi connectivity index (χ1v) is 5.48. The first kappa shape index (κ1) is 11.2. The highest BCUT2D eigenvalue weighted by Crippen LogP contribution is 2.02. The average molecular weight is 223 g/mol. The van der Waals surface area contributed by atoms with Crippen LogP contribution in [0.25, 0.3) is 0 Å². The average Bonchev–Trinajstić information content (AvgIpc) is 2.32. The Hall–Kier alpha value is -1.27. The van der Waals surface area contributed by atoms with E-state index in [4.69, 9.17) is 4.74 Å². The molecule has 1 aromatic rings. The highest BCUT2D eigenvalue weighted by atomic mass is 16.5. The van der Waals surface area contributed by atoms with Crippen LogP contribution in [0, 0.1) is 13.8 Å². The SMILES string of the molecule is Cc1nnc(NCC2COCCN2)nc1C. The number of morpholine rings is 1. The number of aromatic nitrogens is 3. The summed E-state index contributed by atoms with van der Waals surface area (Å²) in [6.45, 7) is 7.00. The van der Waals surface area contributed by atoms with E-state index < -0.39 is 0 Å². The van der Waals surface area contributed by atoms with Crippen LogP contribution in [-0.2, 0) is 4.74 Å². The van der Waals surface area contributed by atoms with E-state index in [2.05, 4.69) is 25.8 Å². The summed E-state index contributed by atoms with van der Waals surface area (Å²) in [7, 11) is 0. The zero-order chi connectivity index (χ0) is 11.4. The lowest BCUT2D eigenvalue weighted by atomic mass is 10.3. The maximum absolute atomic E-state index is 5.35. The molecule has 0 aromatic carbocycles. The summed E-state index contributed by atoms with van der Waals surface area (Å²) in [5.41, 5.74) is 1.77. The van der Waals surface area contributed by atoms with E-state index in [1.54, 1.807) is 0 Å². The standard InChI is InChI=1S/C10H17N5O/c1-7-8(2)14-15-10(13-7)12-5-9-6-16-4-3-11-9/h9,11H,3-6H2,1-2H3,(H,12,13,15). The Morgan fingerprint density at radius 2 is 2.25 bits per heavy atom. The summed E-state index contributed by atoms with van der Waals surface area (Å²) in [6.07, 6.45) is 0. The molecule has 2 N–H and O–H groups in total. The van der Waals surface area contributed by atoms with Gasteiger partial charge in [-0.25, -0.2) is 4.98 Å². The van der Waals surface area contributed by atoms with Gasteiger partial charge in [0.1, 0.15) is 0 Å². The number of rotatable bonds is 3. The molecule has 6 nitrogen and oxygen atoms in total. The summed E-state index contributed by atoms with van der Waals surface area (Å²) < 4.78 is 5.35. The largest absolute Gasteiger partial charge is 0.378 e. The smallest absolute Gasteiger partial charge is 0.243 e. The van der Waals surface area contributed by atoms with Gasteiger partial charge in [-0.15, -0.1) is 5.10 Å². The number of anilines is 1. The highest BCUT2D eigenvalue weighted by molar-refractivity contribution is 5.24. The van der Waals surface area contributed by atoms with Crippen LogP contribution in [0.1, 0.15) is 11.4 Å². The van der Waals surface area contributed by atoms with Crippen molar-refractivity contribution in [2.75, 3.05) is 31.6 Å². The molecular weight excluding hydrogens is 206 g/mol. The number of hydrogen-bond acceptors (Lipinski definition) is 6. The van der Waals surface area contributed by atoms with E-state index in [0.29, 0.717) is 12.0 Å². The first-order valence-electron chi connectivity index (χ1n) is 5.48. The normalized spacial score (nSPS) is 20.8. The molecule has 1 aliphatic rings. The van der Waals surface area contributed by atoms with Crippen LogP contribution in [0.5, 0.6) is 0 Å². The maximum Gasteiger partial charge on any atom is 0.243 e. The lowest BCUT2D eigenvalue weighted by Crippen LogP contribution is -2.45. The lowest BCUT2D eigenvalue weighted by molar-refractivity contribution is 0.0806. The van der Waals surface area contributed by atoms with Gasteiger partial charge in [0.25, 0.3) is 0 Å². The van der Waals surface area contributed by atoms with Gasteiger partial charge in [-0.3, -0.25) is 0 Å². The molecule has 0 saturated carbocycles. The van der Waals surface area contributed by atoms with Crippen molar-refractivity contribution in [3.05, 3.63) is 11.4 Å². The summed E-state index contributed by atoms with van der Waals surface area (Å²) >= 11 is 0. The van der Waals surface area contributed by atoms with Crippen LogP contribution in [0.2, 0.25) is 0 Å². The van der Waals surface area contributed by atoms with Crippen molar-refractivity contribution in [3.8, 4) is 0 Å². The maximum atomic E-state index is 5.35. The van der Waals surface area contributed by atoms with Crippen LogP contribution >= 0.6 is 0 Å². The fraction of sp³-hybridized carbons (Fsp3) is 0.700. The van der Waals surface area contributed by atoms with E-state index in [-0.39, 0.29) is 0 Å². The van der Waals surface area contributed by atoms with Crippen LogP contribution in [-0.4, -0.2) is 47.5 Å². The number of aryl methyl sites for hydroxylation is 2. The molecule has 1 aliphatic heterocycles. The Morgan fingerprint density at radius 3 is 2.94 bits per heavy atom. The van der Waals surface area contributed by atoms with Gasteiger partial charge in [0.15, 0.2) is 0 Å². The van der Waals surface area contributed by atoms with Gasteiger partial charge < -0.3 is 15.4 Å². The van der Waals surface area contributed by atoms with Crippen molar-refractivity contribution in [3.63, 3.8) is 0 Å². The Balaban J connectivity index is 1.86. The molecule has 0 spiro atoms. The minimum atomic E-state index is 0.318. The van der Waals surface area contributed by atoms with Crippen LogP contribution in [0.15, 0.2) is 0 Å². The second-order valence-corrected chi connectivity index (χ2v) is 3.91. The van der Waals surface area contributed by atoms with Gasteiger partial charge in [-0.2, -0.15) is 5.10 Å². The Morgan fingerprint density at radius 1 is 1.38 bits per heavy atom. The van der Waals surface area contributed by atoms with Gasteiger partial charge >= 0.3 is 0 Å². The second kappa shape index (κ2) is 5.18. The molecule has 16 heavy (non-hydrogen) atoms. The van der Waals surface area contributed by atoms with E-state index in [1.807, 2.05) is 13.8 Å². The fourth-order valence-electron chi connectivity index (χ4n) is 1.50. The summed E-state index contributed by atoms with van der Waals surface area (Å²) in [5, 5.41) is 14.5. The van der Waals surface area contributed by atoms with Crippen molar-refractivity contribution < 1.29 is 4.74 Å². The van der Waals surface area contributed by atoms with E-state index in [9.17, 15) is 0 Å². The molecule has 2 rings (SSSR count). The molecule has 6 heteroatoms. The van der Waals surface area contributed by atoms with Gasteiger partial charge in [0.05, 0.1) is 24.6 Å². The molecule has 1 aromatic heterocycles. The minimum Gasteiger partial charge on any atom is -0.378 e. The van der Waals surface area contributed by atoms with Crippen molar-refractivity contribution in [2.45, 2.75) is 19.9 Å². The summed E-state index contributed by atoms with van der Waals surface area (Å²) in [5.74, 6) is 0.579. The third-order valence-electron chi connectivity index (χ3n) is 2.60. The summed E-state index contributed by atoms with van der Waals surface area (Å²) in [6, 6.07) is 0.318. The topological polar surface area (TPSA) is 72.0 Å². The number of hydrogen-bond donors (Lipinski definition) is 2. The molecule has 1 unspecified atom stereocenters. The molecule has 0 amide bonds. The van der Waals surface area contributed by atoms with Crippen LogP contribution in [0.3, 0.4) is 0 Å². The monoisotopic (exact) mass is 223 g/mol. The Bertz CT molecular complexity index is 351. The minimum absolute atomic E-state index is 0.318. The van der Waals surface area contributed by atoms with Crippen molar-refractivity contribution in [1.82, 2.24) is 20.5 Å². The van der Waals surface area contributed by atoms with Gasteiger partial charge in [-0.1, -0.05) is 0 Å². The zero-order valence-corrected chi connectivity index (χ0v) is 9.66. The molecule has 0 radical (unpaired) electrons. The fourth-order valence-corrected chi connectivity index (χ4v) is 1.50. The quantitative estimate of drug-likeness (QED) is 0.745. The Kier molecular flexibility index (Phi) is 3.63. The number of nitrogens with zero attached hydrogens (tertiary/aromatic N) is 3. The molecule has 2 heterocycles. The lowest BCUT2D eigenvalue weighted by Gasteiger charge is -2.23. The van der Waals surface area contributed by atoms with Gasteiger partial charge in [0, 0.05) is 19.1 Å². The number of ether oxygens (including phenoxy) is 1. The second-order valence-electron chi connectivity index (χ2n) is 3.91. The summed E-state index contributed by atoms with van der Waals surface area (Å²) in [4.78, 5) is 4.30. The van der Waals surface area contributed by atoms with E-state index in [1.165, 1.54) is 0 Å². The third kappa shape index (κ3) is 2.86. The highest BCUT2D eigenvalue weighted by Gasteiger charge is 2.13. The van der Waals surface area contributed by atoms with Crippen molar-refractivity contribution in [2.24, 2.45) is 0 Å². The van der Waals surface area contributed by atoms with E-state index in [0.717, 1.165) is 37.7 Å². The molecular formula is C10H17N5O. The molecule has 1 saturated heterocycles. The van der Waals surface area contributed by atoms with Crippen molar-refractivity contribution >= 4 is 5.95 Å². The third-order valence-corrected chi connectivity index (χ3v) is 2.60. The number of nitrogens with one attached hydrogen (secondary N) is 2.